The smallest absolute Gasteiger partial charge is 0.406 e. The van der Waals surface area contributed by atoms with Gasteiger partial charge < -0.3 is 39.2 Å². The van der Waals surface area contributed by atoms with Gasteiger partial charge in [-0.15, -0.1) is 0 Å². The molecule has 3 aromatic rings. The van der Waals surface area contributed by atoms with Crippen LogP contribution in [0.1, 0.15) is 53.5 Å². The number of ether oxygens (including phenoxy) is 3. The number of halogens is 4. The fourth-order valence-corrected chi connectivity index (χ4v) is 6.67. The summed E-state index contributed by atoms with van der Waals surface area (Å²) in [4.78, 5) is 34.9. The molecule has 15 heteroatoms. The Bertz CT molecular complexity index is 1780. The van der Waals surface area contributed by atoms with E-state index < -0.39 is 30.4 Å². The van der Waals surface area contributed by atoms with Crippen LogP contribution >= 0.6 is 0 Å². The van der Waals surface area contributed by atoms with Crippen LogP contribution in [0.2, 0.25) is 0 Å². The van der Waals surface area contributed by atoms with Gasteiger partial charge in [0.1, 0.15) is 23.6 Å². The summed E-state index contributed by atoms with van der Waals surface area (Å²) < 4.78 is 72.6. The Morgan fingerprint density at radius 2 is 1.80 bits per heavy atom. The molecule has 2 aliphatic rings. The summed E-state index contributed by atoms with van der Waals surface area (Å²) in [5, 5.41) is 6.12. The zero-order chi connectivity index (χ0) is 36.9. The lowest BCUT2D eigenvalue weighted by Crippen LogP contribution is -2.50. The Hall–Kier alpha value is -4.39. The molecule has 0 radical (unpaired) electrons. The van der Waals surface area contributed by atoms with E-state index in [1.54, 1.807) is 12.0 Å². The maximum absolute atomic E-state index is 15.1. The molecule has 0 bridgehead atoms. The number of morpholine rings is 1. The number of aromatic nitrogens is 2. The molecular weight excluding hydrogens is 672 g/mol. The Morgan fingerprint density at radius 3 is 2.47 bits per heavy atom. The number of nitrogens with one attached hydrogen (secondary N) is 2. The number of carbonyl (C=O) groups excluding carboxylic acids is 2. The number of hydrogen-bond donors (Lipinski definition) is 2. The van der Waals surface area contributed by atoms with Crippen molar-refractivity contribution in [1.82, 2.24) is 24.7 Å². The Kier molecular flexibility index (Phi) is 12.1. The van der Waals surface area contributed by atoms with Crippen LogP contribution in [0, 0.1) is 23.6 Å². The van der Waals surface area contributed by atoms with Crippen molar-refractivity contribution in [3.8, 4) is 17.6 Å². The predicted octanol–water partition coefficient (Wildman–Crippen LogP) is 4.55. The maximum atomic E-state index is 15.1. The third kappa shape index (κ3) is 9.49. The van der Waals surface area contributed by atoms with Crippen molar-refractivity contribution in [1.29, 1.82) is 0 Å². The molecule has 2 fully saturated rings. The number of methoxy groups -OCH3 is 2. The number of benzene rings is 2. The normalized spacial score (nSPS) is 21.2. The molecule has 0 saturated carbocycles. The zero-order valence-corrected chi connectivity index (χ0v) is 29.4. The van der Waals surface area contributed by atoms with E-state index in [0.717, 1.165) is 36.6 Å². The molecule has 51 heavy (non-hydrogen) atoms. The molecule has 0 aliphatic carbocycles. The number of carbonyl (C=O) groups is 2. The predicted molar refractivity (Wildman–Crippen MR) is 183 cm³/mol. The van der Waals surface area contributed by atoms with Gasteiger partial charge in [-0.05, 0) is 44.4 Å². The van der Waals surface area contributed by atoms with Crippen molar-refractivity contribution in [3.05, 3.63) is 53.1 Å². The molecule has 11 nitrogen and oxygen atoms in total. The number of amides is 2. The van der Waals surface area contributed by atoms with E-state index in [1.165, 1.54) is 25.3 Å². The number of piperidine rings is 1. The van der Waals surface area contributed by atoms with Crippen LogP contribution in [0.15, 0.2) is 30.6 Å². The van der Waals surface area contributed by atoms with E-state index in [2.05, 4.69) is 32.4 Å². The third-order valence-corrected chi connectivity index (χ3v) is 9.06. The molecular formula is C36H44F4N6O5. The average molecular weight is 717 g/mol. The van der Waals surface area contributed by atoms with Gasteiger partial charge in [-0.2, -0.15) is 13.2 Å². The third-order valence-electron chi connectivity index (χ3n) is 9.06. The summed E-state index contributed by atoms with van der Waals surface area (Å²) >= 11 is 0. The molecule has 1 aromatic heterocycles. The van der Waals surface area contributed by atoms with Gasteiger partial charge >= 0.3 is 6.18 Å². The van der Waals surface area contributed by atoms with Gasteiger partial charge in [0.25, 0.3) is 11.8 Å². The van der Waals surface area contributed by atoms with Crippen LogP contribution in [-0.4, -0.2) is 116 Å². The van der Waals surface area contributed by atoms with Crippen LogP contribution < -0.4 is 15.4 Å². The number of alkyl halides is 3. The van der Waals surface area contributed by atoms with Gasteiger partial charge in [-0.3, -0.25) is 9.59 Å². The standard InChI is InChI=1S/C36H44F4N6O5/c1-22-17-44(11-12-49-4)10-8-29(22)43-34(47)27-13-25(14-31-33(27)42-21-46(31)20-36(38,39)40)7-6-9-41-30-15-26(28(37)16-32(30)50-5)35(48)45-18-23(2)51-24(3)19-45/h13-16,21-24,29,41H,8-12,17-20H2,1-5H3,(H,43,47)/t22-,23?,24?,29-/m0/s1. The second kappa shape index (κ2) is 16.3. The first-order chi connectivity index (χ1) is 24.3. The molecule has 276 valence electrons. The minimum Gasteiger partial charge on any atom is -0.494 e. The molecule has 0 spiro atoms. The fourth-order valence-electron chi connectivity index (χ4n) is 6.67. The topological polar surface area (TPSA) is 110 Å². The van der Waals surface area contributed by atoms with Gasteiger partial charge in [0.15, 0.2) is 0 Å². The molecule has 5 rings (SSSR count). The number of rotatable bonds is 10. The quantitative estimate of drug-likeness (QED) is 0.233. The highest BCUT2D eigenvalue weighted by Crippen LogP contribution is 2.30. The Morgan fingerprint density at radius 1 is 1.06 bits per heavy atom. The van der Waals surface area contributed by atoms with E-state index in [4.69, 9.17) is 14.2 Å². The number of anilines is 1. The maximum Gasteiger partial charge on any atom is 0.406 e. The van der Waals surface area contributed by atoms with Crippen molar-refractivity contribution in [2.75, 3.05) is 65.4 Å². The van der Waals surface area contributed by atoms with E-state index >= 15 is 4.39 Å². The molecule has 2 unspecified atom stereocenters. The second-order valence-corrected chi connectivity index (χ2v) is 13.2. The zero-order valence-electron chi connectivity index (χ0n) is 29.4. The van der Waals surface area contributed by atoms with Crippen LogP contribution in [0.5, 0.6) is 5.75 Å². The highest BCUT2D eigenvalue weighted by Gasteiger charge is 2.32. The minimum absolute atomic E-state index is 0.00177. The highest BCUT2D eigenvalue weighted by atomic mass is 19.4. The molecule has 2 amide bonds. The lowest BCUT2D eigenvalue weighted by Gasteiger charge is -2.37. The van der Waals surface area contributed by atoms with E-state index in [0.29, 0.717) is 37.4 Å². The lowest BCUT2D eigenvalue weighted by atomic mass is 9.93. The number of hydrogen-bond acceptors (Lipinski definition) is 8. The first-order valence-corrected chi connectivity index (χ1v) is 16.9. The monoisotopic (exact) mass is 716 g/mol. The van der Waals surface area contributed by atoms with Gasteiger partial charge in [0.2, 0.25) is 0 Å². The average Bonchev–Trinajstić information content (AvgIpc) is 3.46. The summed E-state index contributed by atoms with van der Waals surface area (Å²) in [7, 11) is 3.02. The van der Waals surface area contributed by atoms with Crippen LogP contribution in [0.4, 0.5) is 23.2 Å². The number of nitrogens with zero attached hydrogens (tertiary/aromatic N) is 4. The first-order valence-electron chi connectivity index (χ1n) is 16.9. The van der Waals surface area contributed by atoms with E-state index in [9.17, 15) is 22.8 Å². The van der Waals surface area contributed by atoms with E-state index in [-0.39, 0.29) is 58.6 Å². The second-order valence-electron chi connectivity index (χ2n) is 13.2. The fraction of sp³-hybridized carbons (Fsp3) is 0.528. The molecule has 2 aromatic carbocycles. The van der Waals surface area contributed by atoms with Crippen molar-refractivity contribution in [2.24, 2.45) is 5.92 Å². The molecule has 4 atom stereocenters. The van der Waals surface area contributed by atoms with Crippen molar-refractivity contribution >= 4 is 28.5 Å². The molecule has 3 heterocycles. The SMILES string of the molecule is COCCN1CC[C@H](NC(=O)c2cc(C#CCNc3cc(C(=O)N4CC(C)OC(C)C4)c(F)cc3OC)cc3c2ncn3CC(F)(F)F)[C@@H](C)C1. The number of likely N-dealkylation sites (tertiary alicyclic amines) is 1. The van der Waals surface area contributed by atoms with Crippen LogP contribution in [-0.2, 0) is 16.0 Å². The lowest BCUT2D eigenvalue weighted by molar-refractivity contribution is -0.140. The van der Waals surface area contributed by atoms with Crippen molar-refractivity contribution in [2.45, 2.75) is 58.2 Å². The van der Waals surface area contributed by atoms with Gasteiger partial charge in [0.05, 0.1) is 61.1 Å². The molecule has 2 aliphatic heterocycles. The highest BCUT2D eigenvalue weighted by molar-refractivity contribution is 6.05. The number of imidazole rings is 1. The van der Waals surface area contributed by atoms with Crippen molar-refractivity contribution < 1.29 is 41.4 Å². The summed E-state index contributed by atoms with van der Waals surface area (Å²) in [5.74, 6) is 4.48. The summed E-state index contributed by atoms with van der Waals surface area (Å²) in [6.45, 7) is 8.03. The minimum atomic E-state index is -4.51. The van der Waals surface area contributed by atoms with E-state index in [1.807, 2.05) is 20.8 Å². The Balaban J connectivity index is 1.37. The summed E-state index contributed by atoms with van der Waals surface area (Å²) in [6.07, 6.45) is -3.13. The molecule has 2 saturated heterocycles. The largest absolute Gasteiger partial charge is 0.494 e. The van der Waals surface area contributed by atoms with Crippen LogP contribution in [0.25, 0.3) is 11.0 Å². The van der Waals surface area contributed by atoms with Gasteiger partial charge in [-0.1, -0.05) is 18.8 Å². The first kappa shape index (κ1) is 37.9. The number of fused-ring (bicyclic) bond motifs is 1. The molecule has 2 N–H and O–H groups in total. The van der Waals surface area contributed by atoms with Gasteiger partial charge in [-0.25, -0.2) is 9.37 Å². The van der Waals surface area contributed by atoms with Crippen LogP contribution in [0.3, 0.4) is 0 Å². The summed E-state index contributed by atoms with van der Waals surface area (Å²) in [6, 6.07) is 5.35. The Labute approximate surface area is 294 Å². The summed E-state index contributed by atoms with van der Waals surface area (Å²) in [5.41, 5.74) is 0.874. The van der Waals surface area contributed by atoms with Gasteiger partial charge in [0, 0.05) is 57.5 Å². The van der Waals surface area contributed by atoms with Crippen molar-refractivity contribution in [3.63, 3.8) is 0 Å².